The van der Waals surface area contributed by atoms with E-state index in [1.165, 1.54) is 12.8 Å². The van der Waals surface area contributed by atoms with Crippen LogP contribution in [0.4, 0.5) is 9.59 Å². The molecule has 3 aromatic rings. The summed E-state index contributed by atoms with van der Waals surface area (Å²) in [6.45, 7) is 16.8. The van der Waals surface area contributed by atoms with Gasteiger partial charge in [-0.3, -0.25) is 14.4 Å². The number of carbonyl (C=O) groups is 5. The van der Waals surface area contributed by atoms with Crippen molar-refractivity contribution in [2.75, 3.05) is 39.3 Å². The quantitative estimate of drug-likeness (QED) is 0.182. The van der Waals surface area contributed by atoms with Crippen LogP contribution in [0.5, 0.6) is 0 Å². The van der Waals surface area contributed by atoms with Crippen molar-refractivity contribution >= 4 is 40.8 Å². The van der Waals surface area contributed by atoms with Crippen LogP contribution >= 0.6 is 11.6 Å². The van der Waals surface area contributed by atoms with Crippen LogP contribution in [0, 0.1) is 16.2 Å². The first-order valence-electron chi connectivity index (χ1n) is 25.0. The molecule has 9 rings (SSSR count). The summed E-state index contributed by atoms with van der Waals surface area (Å²) >= 11 is 5.16. The third-order valence-electron chi connectivity index (χ3n) is 14.4. The monoisotopic (exact) mass is 969 g/mol. The Kier molecular flexibility index (Phi) is 18.0. The predicted molar refractivity (Wildman–Crippen MR) is 271 cm³/mol. The summed E-state index contributed by atoms with van der Waals surface area (Å²) in [6, 6.07) is 28.4. The Labute approximate surface area is 415 Å². The van der Waals surface area contributed by atoms with Crippen LogP contribution in [-0.2, 0) is 9.47 Å². The number of nitrogens with two attached hydrogens (primary N) is 1. The van der Waals surface area contributed by atoms with E-state index in [1.807, 2.05) is 118 Å². The molecule has 3 aliphatic carbocycles. The van der Waals surface area contributed by atoms with Gasteiger partial charge in [-0.1, -0.05) is 66.7 Å². The molecule has 3 heterocycles. The molecule has 0 bridgehead atoms. The van der Waals surface area contributed by atoms with Gasteiger partial charge in [-0.2, -0.15) is 0 Å². The van der Waals surface area contributed by atoms with E-state index < -0.39 is 16.4 Å². The maximum atomic E-state index is 12.3. The van der Waals surface area contributed by atoms with Crippen molar-refractivity contribution in [3.05, 3.63) is 108 Å². The van der Waals surface area contributed by atoms with Crippen molar-refractivity contribution in [3.8, 4) is 0 Å². The molecule has 3 saturated carbocycles. The summed E-state index contributed by atoms with van der Waals surface area (Å²) in [5.41, 5.74) is 8.00. The minimum Gasteiger partial charge on any atom is -0.444 e. The van der Waals surface area contributed by atoms with Gasteiger partial charge in [0, 0.05) is 67.5 Å². The third-order valence-corrected chi connectivity index (χ3v) is 14.6. The van der Waals surface area contributed by atoms with Gasteiger partial charge in [0.2, 0.25) is 0 Å². The van der Waals surface area contributed by atoms with Gasteiger partial charge in [0.05, 0.1) is 0 Å². The lowest BCUT2D eigenvalue weighted by molar-refractivity contribution is 0.0263. The van der Waals surface area contributed by atoms with Crippen LogP contribution < -0.4 is 21.7 Å². The van der Waals surface area contributed by atoms with Crippen molar-refractivity contribution in [2.24, 2.45) is 22.0 Å². The minimum absolute atomic E-state index is 0.00959. The zero-order valence-electron chi connectivity index (χ0n) is 41.8. The second kappa shape index (κ2) is 23.3. The van der Waals surface area contributed by atoms with Gasteiger partial charge in [-0.25, -0.2) is 9.59 Å². The van der Waals surface area contributed by atoms with Crippen LogP contribution in [0.15, 0.2) is 91.0 Å². The molecule has 14 heteroatoms. The SMILES string of the molecule is CC(C)(C)OC(=O)N1CCC2(CCC(N)C2)C1.CC(C)(C)OC(=O)N1CCC2(CCC(NC(=O)c3ccccc3)C2)C1.O=C(Cl)c1ccccc1.O=C(NC1CCC2(CCNC2)C1)c1ccccc1. The van der Waals surface area contributed by atoms with Gasteiger partial charge in [-0.05, 0) is 177 Å². The molecule has 6 atom stereocenters. The lowest BCUT2D eigenvalue weighted by Gasteiger charge is -2.27. The standard InChI is InChI=1S/C20H28N2O3.C15H20N2O.C13H24N2O2.C7H5ClO/c1-19(2,3)25-18(24)22-12-11-20(14-22)10-9-16(13-20)21-17(23)15-7-5-4-6-8-15;18-14(12-4-2-1-3-5-12)17-13-6-7-15(10-13)8-9-16-11-15;1-12(2,3)17-11(16)15-7-6-13(9-15)5-4-10(14)8-13;8-7(9)6-4-2-1-3-5-6/h4-8,16H,9-14H2,1-3H3,(H,21,23);1-5,13,16H,6-11H2,(H,17,18);10H,4-9,14H2,1-3H3;1-5H. The zero-order chi connectivity index (χ0) is 49.9. The highest BCUT2D eigenvalue weighted by Gasteiger charge is 2.47. The minimum atomic E-state index is -0.464. The number of hydrogen-bond donors (Lipinski definition) is 4. The number of hydrogen-bond acceptors (Lipinski definition) is 9. The van der Waals surface area contributed by atoms with Crippen molar-refractivity contribution in [1.82, 2.24) is 25.8 Å². The topological polar surface area (TPSA) is 172 Å². The molecular formula is C55H77ClN6O7. The Hall–Kier alpha value is -4.98. The molecule has 4 amide bonds. The number of halogens is 1. The number of carbonyl (C=O) groups excluding carboxylic acids is 5. The number of nitrogens with zero attached hydrogens (tertiary/aromatic N) is 2. The third kappa shape index (κ3) is 16.0. The molecule has 6 aliphatic rings. The highest BCUT2D eigenvalue weighted by Crippen LogP contribution is 2.47. The van der Waals surface area contributed by atoms with Crippen LogP contribution in [0.2, 0.25) is 0 Å². The first-order valence-corrected chi connectivity index (χ1v) is 25.4. The molecular weight excluding hydrogens is 892 g/mol. The van der Waals surface area contributed by atoms with Crippen molar-refractivity contribution in [1.29, 1.82) is 0 Å². The maximum absolute atomic E-state index is 12.3. The van der Waals surface area contributed by atoms with Crippen LogP contribution in [0.25, 0.3) is 0 Å². The normalized spacial score (nSPS) is 26.9. The lowest BCUT2D eigenvalue weighted by Crippen LogP contribution is -2.37. The molecule has 6 fully saturated rings. The summed E-state index contributed by atoms with van der Waals surface area (Å²) < 4.78 is 10.9. The van der Waals surface area contributed by atoms with Gasteiger partial charge >= 0.3 is 12.2 Å². The first-order chi connectivity index (χ1) is 32.6. The molecule has 69 heavy (non-hydrogen) atoms. The summed E-state index contributed by atoms with van der Waals surface area (Å²) in [7, 11) is 0. The molecule has 376 valence electrons. The first kappa shape index (κ1) is 53.4. The van der Waals surface area contributed by atoms with Crippen LogP contribution in [0.1, 0.15) is 150 Å². The fourth-order valence-electron chi connectivity index (χ4n) is 11.0. The van der Waals surface area contributed by atoms with Crippen molar-refractivity contribution in [2.45, 2.75) is 148 Å². The molecule has 6 unspecified atom stereocenters. The Morgan fingerprint density at radius 2 is 0.986 bits per heavy atom. The average molecular weight is 970 g/mol. The molecule has 5 N–H and O–H groups in total. The highest BCUT2D eigenvalue weighted by atomic mass is 35.5. The van der Waals surface area contributed by atoms with Crippen LogP contribution in [0.3, 0.4) is 0 Å². The Bertz CT molecular complexity index is 2180. The number of likely N-dealkylation sites (tertiary alicyclic amines) is 2. The van der Waals surface area contributed by atoms with E-state index in [-0.39, 0.29) is 40.9 Å². The Balaban J connectivity index is 0.000000159. The molecule has 3 spiro atoms. The maximum Gasteiger partial charge on any atom is 0.410 e. The molecule has 3 aromatic carbocycles. The van der Waals surface area contributed by atoms with Crippen molar-refractivity contribution < 1.29 is 33.4 Å². The van der Waals surface area contributed by atoms with E-state index in [0.717, 1.165) is 109 Å². The zero-order valence-corrected chi connectivity index (χ0v) is 42.6. The summed E-state index contributed by atoms with van der Waals surface area (Å²) in [4.78, 5) is 62.7. The van der Waals surface area contributed by atoms with Gasteiger partial charge in [0.1, 0.15) is 11.2 Å². The second-order valence-corrected chi connectivity index (χ2v) is 22.8. The number of benzene rings is 3. The lowest BCUT2D eigenvalue weighted by atomic mass is 9.85. The fraction of sp³-hybridized carbons (Fsp3) is 0.582. The van der Waals surface area contributed by atoms with E-state index >= 15 is 0 Å². The molecule has 13 nitrogen and oxygen atoms in total. The van der Waals surface area contributed by atoms with E-state index in [9.17, 15) is 24.0 Å². The number of rotatable bonds is 5. The van der Waals surface area contributed by atoms with E-state index in [2.05, 4.69) is 16.0 Å². The number of nitrogens with one attached hydrogen (secondary N) is 3. The number of amides is 4. The van der Waals surface area contributed by atoms with E-state index in [1.54, 1.807) is 24.3 Å². The Morgan fingerprint density at radius 3 is 1.36 bits per heavy atom. The van der Waals surface area contributed by atoms with Gasteiger partial charge < -0.3 is 41.0 Å². The van der Waals surface area contributed by atoms with Crippen LogP contribution in [-0.4, -0.2) is 108 Å². The Morgan fingerprint density at radius 1 is 0.580 bits per heavy atom. The van der Waals surface area contributed by atoms with E-state index in [4.69, 9.17) is 26.8 Å². The molecule has 0 radical (unpaired) electrons. The average Bonchev–Trinajstić information content (AvgIpc) is 4.20. The molecule has 3 aliphatic heterocycles. The second-order valence-electron chi connectivity index (χ2n) is 22.4. The molecule has 0 aromatic heterocycles. The fourth-order valence-corrected chi connectivity index (χ4v) is 11.1. The van der Waals surface area contributed by atoms with Gasteiger partial charge in [0.25, 0.3) is 17.1 Å². The number of ether oxygens (including phenoxy) is 2. The summed E-state index contributed by atoms with van der Waals surface area (Å²) in [6.07, 6.45) is 12.7. The molecule has 3 saturated heterocycles. The summed E-state index contributed by atoms with van der Waals surface area (Å²) in [5.74, 6) is 0.0632. The van der Waals surface area contributed by atoms with Gasteiger partial charge in [0.15, 0.2) is 0 Å². The van der Waals surface area contributed by atoms with Crippen molar-refractivity contribution in [3.63, 3.8) is 0 Å². The predicted octanol–water partition coefficient (Wildman–Crippen LogP) is 9.74. The summed E-state index contributed by atoms with van der Waals surface area (Å²) in [5, 5.41) is 9.38. The highest BCUT2D eigenvalue weighted by molar-refractivity contribution is 6.67. The van der Waals surface area contributed by atoms with Gasteiger partial charge in [-0.15, -0.1) is 0 Å². The largest absolute Gasteiger partial charge is 0.444 e. The smallest absolute Gasteiger partial charge is 0.410 e. The van der Waals surface area contributed by atoms with E-state index in [0.29, 0.717) is 28.6 Å².